The fourth-order valence-corrected chi connectivity index (χ4v) is 2.33. The second-order valence-corrected chi connectivity index (χ2v) is 5.71. The molecule has 0 saturated heterocycles. The van der Waals surface area contributed by atoms with Crippen molar-refractivity contribution in [2.24, 2.45) is 0 Å². The van der Waals surface area contributed by atoms with Crippen LogP contribution in [0.25, 0.3) is 0 Å². The highest BCUT2D eigenvalue weighted by Crippen LogP contribution is 2.30. The summed E-state index contributed by atoms with van der Waals surface area (Å²) in [5.41, 5.74) is 0.230. The van der Waals surface area contributed by atoms with Gasteiger partial charge in [-0.2, -0.15) is 13.2 Å². The number of rotatable bonds is 4. The zero-order valence-electron chi connectivity index (χ0n) is 11.0. The zero-order chi connectivity index (χ0) is 14.8. The highest BCUT2D eigenvalue weighted by Gasteiger charge is 2.30. The van der Waals surface area contributed by atoms with E-state index in [4.69, 9.17) is 0 Å². The van der Waals surface area contributed by atoms with Crippen molar-refractivity contribution in [2.45, 2.75) is 25.9 Å². The summed E-state index contributed by atoms with van der Waals surface area (Å²) in [4.78, 5) is 0. The summed E-state index contributed by atoms with van der Waals surface area (Å²) in [6, 6.07) is 5.25. The number of halogens is 3. The molecule has 2 aromatic rings. The standard InChI is InChI=1S/C13H14F3N3S/c1-8(7-17-12-19-18-9(2)20-12)10-3-5-11(6-4-10)13(14,15)16/h3-6,8H,7H2,1-2H3,(H,17,19). The third kappa shape index (κ3) is 3.69. The first kappa shape index (κ1) is 14.8. The summed E-state index contributed by atoms with van der Waals surface area (Å²) < 4.78 is 37.4. The molecule has 0 spiro atoms. The fourth-order valence-electron chi connectivity index (χ4n) is 1.73. The Balaban J connectivity index is 1.97. The quantitative estimate of drug-likeness (QED) is 0.924. The van der Waals surface area contributed by atoms with Gasteiger partial charge in [0.25, 0.3) is 0 Å². The summed E-state index contributed by atoms with van der Waals surface area (Å²) in [7, 11) is 0. The van der Waals surface area contributed by atoms with Gasteiger partial charge in [-0.3, -0.25) is 0 Å². The summed E-state index contributed by atoms with van der Waals surface area (Å²) in [5, 5.41) is 12.5. The minimum Gasteiger partial charge on any atom is -0.359 e. The third-order valence-electron chi connectivity index (χ3n) is 2.89. The van der Waals surface area contributed by atoms with Crippen LogP contribution in [0.15, 0.2) is 24.3 Å². The summed E-state index contributed by atoms with van der Waals surface area (Å²) in [6.45, 7) is 4.41. The molecule has 1 unspecified atom stereocenters. The van der Waals surface area contributed by atoms with E-state index in [1.54, 1.807) is 0 Å². The number of anilines is 1. The van der Waals surface area contributed by atoms with Crippen LogP contribution in [0, 0.1) is 6.92 Å². The van der Waals surface area contributed by atoms with Crippen LogP contribution in [-0.2, 0) is 6.18 Å². The van der Waals surface area contributed by atoms with E-state index >= 15 is 0 Å². The highest BCUT2D eigenvalue weighted by atomic mass is 32.1. The number of hydrogen-bond donors (Lipinski definition) is 1. The van der Waals surface area contributed by atoms with Gasteiger partial charge in [0.05, 0.1) is 5.56 Å². The van der Waals surface area contributed by atoms with E-state index in [9.17, 15) is 13.2 Å². The number of benzene rings is 1. The van der Waals surface area contributed by atoms with E-state index in [2.05, 4.69) is 15.5 Å². The molecule has 20 heavy (non-hydrogen) atoms. The van der Waals surface area contributed by atoms with Gasteiger partial charge in [0.1, 0.15) is 5.01 Å². The van der Waals surface area contributed by atoms with E-state index in [-0.39, 0.29) is 5.92 Å². The monoisotopic (exact) mass is 301 g/mol. The molecule has 3 nitrogen and oxygen atoms in total. The van der Waals surface area contributed by atoms with Gasteiger partial charge in [-0.15, -0.1) is 10.2 Å². The number of aromatic nitrogens is 2. The molecule has 0 fully saturated rings. The van der Waals surface area contributed by atoms with Gasteiger partial charge in [-0.25, -0.2) is 0 Å². The van der Waals surface area contributed by atoms with E-state index < -0.39 is 11.7 Å². The Hall–Kier alpha value is -1.63. The van der Waals surface area contributed by atoms with Crippen molar-refractivity contribution in [1.29, 1.82) is 0 Å². The molecule has 0 saturated carbocycles. The second kappa shape index (κ2) is 5.78. The number of alkyl halides is 3. The van der Waals surface area contributed by atoms with Gasteiger partial charge in [-0.1, -0.05) is 30.4 Å². The molecule has 0 aliphatic heterocycles. The average Bonchev–Trinajstić information content (AvgIpc) is 2.81. The fraction of sp³-hybridized carbons (Fsp3) is 0.385. The van der Waals surface area contributed by atoms with Crippen LogP contribution in [-0.4, -0.2) is 16.7 Å². The SMILES string of the molecule is Cc1nnc(NCC(C)c2ccc(C(F)(F)F)cc2)s1. The molecule has 1 heterocycles. The van der Waals surface area contributed by atoms with Crippen molar-refractivity contribution in [1.82, 2.24) is 10.2 Å². The lowest BCUT2D eigenvalue weighted by Gasteiger charge is -2.13. The number of aryl methyl sites for hydroxylation is 1. The second-order valence-electron chi connectivity index (χ2n) is 4.53. The minimum absolute atomic E-state index is 0.0847. The maximum Gasteiger partial charge on any atom is 0.416 e. The van der Waals surface area contributed by atoms with Crippen LogP contribution in [0.3, 0.4) is 0 Å². The van der Waals surface area contributed by atoms with Crippen molar-refractivity contribution in [2.75, 3.05) is 11.9 Å². The molecule has 2 rings (SSSR count). The molecule has 0 bridgehead atoms. The minimum atomic E-state index is -4.29. The maximum atomic E-state index is 12.5. The number of nitrogens with one attached hydrogen (secondary N) is 1. The Labute approximate surface area is 118 Å². The van der Waals surface area contributed by atoms with Gasteiger partial charge >= 0.3 is 6.18 Å². The molecular weight excluding hydrogens is 287 g/mol. The molecular formula is C13H14F3N3S. The summed E-state index contributed by atoms with van der Waals surface area (Å²) in [6.07, 6.45) is -4.29. The average molecular weight is 301 g/mol. The van der Waals surface area contributed by atoms with Crippen LogP contribution in [0.2, 0.25) is 0 Å². The number of nitrogens with zero attached hydrogens (tertiary/aromatic N) is 2. The first-order chi connectivity index (χ1) is 9.36. The molecule has 0 amide bonds. The smallest absolute Gasteiger partial charge is 0.359 e. The van der Waals surface area contributed by atoms with Gasteiger partial charge < -0.3 is 5.32 Å². The van der Waals surface area contributed by atoms with Crippen LogP contribution in [0.1, 0.15) is 29.0 Å². The molecule has 1 N–H and O–H groups in total. The van der Waals surface area contributed by atoms with Crippen LogP contribution >= 0.6 is 11.3 Å². The van der Waals surface area contributed by atoms with Crippen molar-refractivity contribution in [3.63, 3.8) is 0 Å². The molecule has 108 valence electrons. The normalized spacial score (nSPS) is 13.2. The van der Waals surface area contributed by atoms with Crippen LogP contribution in [0.4, 0.5) is 18.3 Å². The maximum absolute atomic E-state index is 12.5. The van der Waals surface area contributed by atoms with E-state index in [1.165, 1.54) is 23.5 Å². The van der Waals surface area contributed by atoms with Gasteiger partial charge in [0.2, 0.25) is 5.13 Å². The predicted octanol–water partition coefficient (Wildman–Crippen LogP) is 4.08. The first-order valence-corrected chi connectivity index (χ1v) is 6.89. The molecule has 7 heteroatoms. The van der Waals surface area contributed by atoms with E-state index in [1.807, 2.05) is 13.8 Å². The first-order valence-electron chi connectivity index (χ1n) is 6.07. The molecule has 0 aliphatic carbocycles. The molecule has 1 atom stereocenters. The lowest BCUT2D eigenvalue weighted by Crippen LogP contribution is -2.10. The topological polar surface area (TPSA) is 37.8 Å². The lowest BCUT2D eigenvalue weighted by atomic mass is 10.00. The third-order valence-corrected chi connectivity index (χ3v) is 3.69. The van der Waals surface area contributed by atoms with Crippen LogP contribution in [0.5, 0.6) is 0 Å². The summed E-state index contributed by atoms with van der Waals surface area (Å²) in [5.74, 6) is 0.0847. The molecule has 1 aromatic heterocycles. The van der Waals surface area contributed by atoms with Gasteiger partial charge in [0, 0.05) is 6.54 Å². The molecule has 0 aliphatic rings. The van der Waals surface area contributed by atoms with Crippen molar-refractivity contribution in [3.8, 4) is 0 Å². The zero-order valence-corrected chi connectivity index (χ0v) is 11.8. The molecule has 0 radical (unpaired) electrons. The highest BCUT2D eigenvalue weighted by molar-refractivity contribution is 7.15. The van der Waals surface area contributed by atoms with E-state index in [0.717, 1.165) is 27.8 Å². The Kier molecular flexibility index (Phi) is 4.27. The Morgan fingerprint density at radius 2 is 1.85 bits per heavy atom. The van der Waals surface area contributed by atoms with Crippen LogP contribution < -0.4 is 5.32 Å². The summed E-state index contributed by atoms with van der Waals surface area (Å²) >= 11 is 1.45. The predicted molar refractivity (Wildman–Crippen MR) is 73.0 cm³/mol. The van der Waals surface area contributed by atoms with Crippen molar-refractivity contribution >= 4 is 16.5 Å². The Morgan fingerprint density at radius 1 is 1.20 bits per heavy atom. The Morgan fingerprint density at radius 3 is 2.35 bits per heavy atom. The lowest BCUT2D eigenvalue weighted by molar-refractivity contribution is -0.137. The van der Waals surface area contributed by atoms with Gasteiger partial charge in [-0.05, 0) is 30.5 Å². The molecule has 1 aromatic carbocycles. The van der Waals surface area contributed by atoms with Gasteiger partial charge in [0.15, 0.2) is 0 Å². The Bertz CT molecular complexity index is 563. The van der Waals surface area contributed by atoms with Crippen molar-refractivity contribution < 1.29 is 13.2 Å². The van der Waals surface area contributed by atoms with E-state index in [0.29, 0.717) is 6.54 Å². The van der Waals surface area contributed by atoms with Crippen molar-refractivity contribution in [3.05, 3.63) is 40.4 Å². The largest absolute Gasteiger partial charge is 0.416 e. The number of hydrogen-bond acceptors (Lipinski definition) is 4.